The maximum atomic E-state index is 12.9. The molecule has 0 aliphatic carbocycles. The topological polar surface area (TPSA) is 96.6 Å². The predicted molar refractivity (Wildman–Crippen MR) is 121 cm³/mol. The summed E-state index contributed by atoms with van der Waals surface area (Å²) in [5.74, 6) is -0.986. The summed E-state index contributed by atoms with van der Waals surface area (Å²) in [6.45, 7) is 3.72. The lowest BCUT2D eigenvalue weighted by Crippen LogP contribution is -2.22. The number of carbonyl (C=O) groups is 1. The van der Waals surface area contributed by atoms with Crippen molar-refractivity contribution >= 4 is 28.7 Å². The van der Waals surface area contributed by atoms with Crippen LogP contribution in [-0.2, 0) is 11.3 Å². The summed E-state index contributed by atoms with van der Waals surface area (Å²) in [4.78, 5) is 28.6. The lowest BCUT2D eigenvalue weighted by Gasteiger charge is -2.14. The Morgan fingerprint density at radius 3 is 2.52 bits per heavy atom. The quantitative estimate of drug-likeness (QED) is 0.336. The van der Waals surface area contributed by atoms with E-state index >= 15 is 0 Å². The number of fused-ring (bicyclic) bond motifs is 1. The SMILES string of the molecule is CCNCc1ccc(N=C(c2ccccc2)C2C(=O)Nc3ccc([N+](=O)[O-])cc32)cc1. The van der Waals surface area contributed by atoms with Crippen molar-refractivity contribution in [1.29, 1.82) is 0 Å². The van der Waals surface area contributed by atoms with E-state index in [9.17, 15) is 14.9 Å². The molecule has 0 spiro atoms. The normalized spacial score (nSPS) is 15.5. The van der Waals surface area contributed by atoms with Crippen LogP contribution in [0.1, 0.15) is 29.5 Å². The lowest BCUT2D eigenvalue weighted by atomic mass is 9.90. The second-order valence-corrected chi connectivity index (χ2v) is 7.26. The summed E-state index contributed by atoms with van der Waals surface area (Å²) in [6, 6.07) is 21.7. The molecule has 3 aromatic carbocycles. The molecule has 0 saturated carbocycles. The first kappa shape index (κ1) is 20.4. The van der Waals surface area contributed by atoms with E-state index in [1.807, 2.05) is 54.6 Å². The van der Waals surface area contributed by atoms with E-state index in [0.717, 1.165) is 24.2 Å². The summed E-state index contributed by atoms with van der Waals surface area (Å²) < 4.78 is 0. The molecule has 0 radical (unpaired) electrons. The number of rotatable bonds is 7. The average Bonchev–Trinajstić information content (AvgIpc) is 3.12. The number of hydrogen-bond acceptors (Lipinski definition) is 5. The zero-order valence-corrected chi connectivity index (χ0v) is 17.0. The first-order valence-corrected chi connectivity index (χ1v) is 10.1. The van der Waals surface area contributed by atoms with Crippen LogP contribution in [0, 0.1) is 10.1 Å². The van der Waals surface area contributed by atoms with Crippen molar-refractivity contribution in [1.82, 2.24) is 5.32 Å². The van der Waals surface area contributed by atoms with Crippen molar-refractivity contribution in [2.24, 2.45) is 4.99 Å². The molecule has 0 saturated heterocycles. The van der Waals surface area contributed by atoms with Gasteiger partial charge in [-0.3, -0.25) is 19.9 Å². The Kier molecular flexibility index (Phi) is 5.86. The van der Waals surface area contributed by atoms with Gasteiger partial charge in [0.1, 0.15) is 5.92 Å². The van der Waals surface area contributed by atoms with E-state index in [2.05, 4.69) is 17.6 Å². The molecule has 0 aromatic heterocycles. The summed E-state index contributed by atoms with van der Waals surface area (Å²) in [7, 11) is 0. The van der Waals surface area contributed by atoms with Gasteiger partial charge in [0.25, 0.3) is 5.69 Å². The largest absolute Gasteiger partial charge is 0.325 e. The molecule has 7 heteroatoms. The highest BCUT2D eigenvalue weighted by Gasteiger charge is 2.36. The van der Waals surface area contributed by atoms with Gasteiger partial charge in [0.05, 0.1) is 16.3 Å². The van der Waals surface area contributed by atoms with Gasteiger partial charge in [-0.15, -0.1) is 0 Å². The van der Waals surface area contributed by atoms with Crippen molar-refractivity contribution in [3.05, 3.63) is 99.6 Å². The highest BCUT2D eigenvalue weighted by Crippen LogP contribution is 2.38. The number of anilines is 1. The fraction of sp³-hybridized carbons (Fsp3) is 0.167. The molecule has 156 valence electrons. The first-order valence-electron chi connectivity index (χ1n) is 10.1. The maximum absolute atomic E-state index is 12.9. The van der Waals surface area contributed by atoms with Gasteiger partial charge in [-0.05, 0) is 35.9 Å². The number of nitro benzene ring substituents is 1. The van der Waals surface area contributed by atoms with Crippen LogP contribution < -0.4 is 10.6 Å². The Bertz CT molecular complexity index is 1140. The third-order valence-electron chi connectivity index (χ3n) is 5.19. The molecule has 1 aliphatic heterocycles. The minimum absolute atomic E-state index is 0.0551. The Morgan fingerprint density at radius 2 is 1.84 bits per heavy atom. The molecule has 1 heterocycles. The number of aliphatic imine (C=N–C) groups is 1. The lowest BCUT2D eigenvalue weighted by molar-refractivity contribution is -0.384. The third kappa shape index (κ3) is 4.36. The number of nitrogens with zero attached hydrogens (tertiary/aromatic N) is 2. The maximum Gasteiger partial charge on any atom is 0.269 e. The molecule has 1 unspecified atom stereocenters. The smallest absolute Gasteiger partial charge is 0.269 e. The van der Waals surface area contributed by atoms with Gasteiger partial charge in [0.15, 0.2) is 0 Å². The Hall–Kier alpha value is -3.84. The van der Waals surface area contributed by atoms with Gasteiger partial charge < -0.3 is 10.6 Å². The Labute approximate surface area is 180 Å². The molecule has 1 amide bonds. The van der Waals surface area contributed by atoms with Crippen LogP contribution in [-0.4, -0.2) is 23.1 Å². The van der Waals surface area contributed by atoms with Crippen molar-refractivity contribution < 1.29 is 9.72 Å². The number of hydrogen-bond donors (Lipinski definition) is 2. The predicted octanol–water partition coefficient (Wildman–Crippen LogP) is 4.56. The Morgan fingerprint density at radius 1 is 1.10 bits per heavy atom. The minimum atomic E-state index is -0.737. The molecular formula is C24H22N4O3. The first-order chi connectivity index (χ1) is 15.1. The van der Waals surface area contributed by atoms with E-state index in [-0.39, 0.29) is 11.6 Å². The zero-order valence-electron chi connectivity index (χ0n) is 17.0. The molecule has 0 bridgehead atoms. The number of benzene rings is 3. The highest BCUT2D eigenvalue weighted by molar-refractivity contribution is 6.24. The van der Waals surface area contributed by atoms with Gasteiger partial charge in [0.2, 0.25) is 5.91 Å². The molecule has 7 nitrogen and oxygen atoms in total. The molecule has 0 fully saturated rings. The van der Waals surface area contributed by atoms with E-state index in [0.29, 0.717) is 22.6 Å². The van der Waals surface area contributed by atoms with Crippen molar-refractivity contribution in [2.45, 2.75) is 19.4 Å². The van der Waals surface area contributed by atoms with Gasteiger partial charge in [-0.2, -0.15) is 0 Å². The highest BCUT2D eigenvalue weighted by atomic mass is 16.6. The van der Waals surface area contributed by atoms with Gasteiger partial charge in [-0.1, -0.05) is 49.4 Å². The zero-order chi connectivity index (χ0) is 21.8. The summed E-state index contributed by atoms with van der Waals surface area (Å²) in [5.41, 5.74) is 4.28. The molecule has 2 N–H and O–H groups in total. The van der Waals surface area contributed by atoms with E-state index in [1.165, 1.54) is 12.1 Å². The van der Waals surface area contributed by atoms with Gasteiger partial charge in [-0.25, -0.2) is 0 Å². The van der Waals surface area contributed by atoms with Gasteiger partial charge >= 0.3 is 0 Å². The van der Waals surface area contributed by atoms with Crippen LogP contribution in [0.3, 0.4) is 0 Å². The van der Waals surface area contributed by atoms with Crippen LogP contribution in [0.25, 0.3) is 0 Å². The average molecular weight is 414 g/mol. The fourth-order valence-electron chi connectivity index (χ4n) is 3.64. The van der Waals surface area contributed by atoms with E-state index in [4.69, 9.17) is 4.99 Å². The molecule has 1 aliphatic rings. The van der Waals surface area contributed by atoms with Crippen LogP contribution >= 0.6 is 0 Å². The van der Waals surface area contributed by atoms with Crippen molar-refractivity contribution in [3.8, 4) is 0 Å². The third-order valence-corrected chi connectivity index (χ3v) is 5.19. The van der Waals surface area contributed by atoms with E-state index < -0.39 is 10.8 Å². The van der Waals surface area contributed by atoms with Crippen molar-refractivity contribution in [3.63, 3.8) is 0 Å². The van der Waals surface area contributed by atoms with E-state index in [1.54, 1.807) is 6.07 Å². The summed E-state index contributed by atoms with van der Waals surface area (Å²) in [6.07, 6.45) is 0. The molecular weight excluding hydrogens is 392 g/mol. The number of non-ortho nitro benzene ring substituents is 1. The minimum Gasteiger partial charge on any atom is -0.325 e. The number of nitro groups is 1. The summed E-state index contributed by atoms with van der Waals surface area (Å²) in [5, 5.41) is 17.4. The summed E-state index contributed by atoms with van der Waals surface area (Å²) >= 11 is 0. The van der Waals surface area contributed by atoms with Crippen LogP contribution in [0.15, 0.2) is 77.8 Å². The monoisotopic (exact) mass is 414 g/mol. The van der Waals surface area contributed by atoms with Gasteiger partial charge in [0, 0.05) is 29.9 Å². The number of amides is 1. The molecule has 4 rings (SSSR count). The Balaban J connectivity index is 1.79. The standard InChI is InChI=1S/C24H22N4O3/c1-2-25-15-16-8-10-18(11-9-16)26-23(17-6-4-3-5-7-17)22-20-14-19(28(30)31)12-13-21(20)27-24(22)29/h3-14,22,25H,2,15H2,1H3,(H,27,29). The second-order valence-electron chi connectivity index (χ2n) is 7.26. The van der Waals surface area contributed by atoms with Crippen molar-refractivity contribution in [2.75, 3.05) is 11.9 Å². The molecule has 31 heavy (non-hydrogen) atoms. The fourth-order valence-corrected chi connectivity index (χ4v) is 3.64. The van der Waals surface area contributed by atoms with Crippen LogP contribution in [0.5, 0.6) is 0 Å². The van der Waals surface area contributed by atoms with Crippen LogP contribution in [0.4, 0.5) is 17.1 Å². The number of nitrogens with one attached hydrogen (secondary N) is 2. The molecule has 1 atom stereocenters. The second kappa shape index (κ2) is 8.89. The molecule has 3 aromatic rings. The van der Waals surface area contributed by atoms with Crippen LogP contribution in [0.2, 0.25) is 0 Å². The number of carbonyl (C=O) groups excluding carboxylic acids is 1.